The number of hydrogen-bond donors (Lipinski definition) is 2. The Balaban J connectivity index is 2.29. The van der Waals surface area contributed by atoms with Crippen LogP contribution in [0.25, 0.3) is 0 Å². The number of hydrogen-bond acceptors (Lipinski definition) is 3. The van der Waals surface area contributed by atoms with Gasteiger partial charge in [-0.3, -0.25) is 4.79 Å². The summed E-state index contributed by atoms with van der Waals surface area (Å²) < 4.78 is 0. The first kappa shape index (κ1) is 9.22. The quantitative estimate of drug-likeness (QED) is 0.543. The number of H-pyrrole nitrogens is 1. The van der Waals surface area contributed by atoms with Gasteiger partial charge in [0.05, 0.1) is 0 Å². The van der Waals surface area contributed by atoms with E-state index in [0.29, 0.717) is 0 Å². The first-order valence-electron chi connectivity index (χ1n) is 3.81. The Morgan fingerprint density at radius 3 is 3.17 bits per heavy atom. The normalized spacial score (nSPS) is 11.1. The molecule has 12 heavy (non-hydrogen) atoms. The lowest BCUT2D eigenvalue weighted by Gasteiger charge is -1.96. The number of thiazole rings is 1. The third kappa shape index (κ3) is 3.02. The molecule has 0 saturated carbocycles. The van der Waals surface area contributed by atoms with Crippen LogP contribution in [0, 0.1) is 0 Å². The van der Waals surface area contributed by atoms with Crippen LogP contribution in [0.4, 0.5) is 0 Å². The van der Waals surface area contributed by atoms with Crippen LogP contribution < -0.4 is 10.2 Å². The van der Waals surface area contributed by atoms with Crippen LogP contribution in [0.2, 0.25) is 0 Å². The fourth-order valence-corrected chi connectivity index (χ4v) is 1.39. The molecule has 0 spiro atoms. The van der Waals surface area contributed by atoms with Crippen molar-refractivity contribution < 1.29 is 0 Å². The predicted octanol–water partition coefficient (Wildman–Crippen LogP) is 1.10. The molecule has 0 aliphatic heterocycles. The molecule has 0 radical (unpaired) electrons. The van der Waals surface area contributed by atoms with Gasteiger partial charge in [-0.05, 0) is 6.92 Å². The van der Waals surface area contributed by atoms with Crippen molar-refractivity contribution in [2.45, 2.75) is 13.5 Å². The smallest absolute Gasteiger partial charge is 0.304 e. The summed E-state index contributed by atoms with van der Waals surface area (Å²) in [5.74, 6) is 0. The van der Waals surface area contributed by atoms with Crippen molar-refractivity contribution in [1.29, 1.82) is 0 Å². The molecule has 1 rings (SSSR count). The zero-order chi connectivity index (χ0) is 8.81. The van der Waals surface area contributed by atoms with Crippen molar-refractivity contribution in [3.8, 4) is 0 Å². The van der Waals surface area contributed by atoms with Gasteiger partial charge in [0, 0.05) is 24.2 Å². The Kier molecular flexibility index (Phi) is 3.76. The molecule has 2 N–H and O–H groups in total. The molecule has 4 heteroatoms. The molecule has 0 aliphatic rings. The van der Waals surface area contributed by atoms with Crippen molar-refractivity contribution in [3.05, 3.63) is 32.9 Å². The Morgan fingerprint density at radius 2 is 2.58 bits per heavy atom. The van der Waals surface area contributed by atoms with Gasteiger partial charge in [0.1, 0.15) is 0 Å². The fraction of sp³-hybridized carbons (Fsp3) is 0.375. The van der Waals surface area contributed by atoms with Crippen LogP contribution >= 0.6 is 11.3 Å². The number of allylic oxidation sites excluding steroid dienone is 1. The van der Waals surface area contributed by atoms with Gasteiger partial charge in [0.25, 0.3) is 0 Å². The van der Waals surface area contributed by atoms with Gasteiger partial charge in [-0.2, -0.15) is 0 Å². The minimum Gasteiger partial charge on any atom is -0.315 e. The van der Waals surface area contributed by atoms with Gasteiger partial charge in [0.2, 0.25) is 0 Å². The van der Waals surface area contributed by atoms with E-state index in [1.54, 1.807) is 0 Å². The van der Waals surface area contributed by atoms with Crippen LogP contribution in [0.5, 0.6) is 0 Å². The summed E-state index contributed by atoms with van der Waals surface area (Å²) in [7, 11) is 0. The van der Waals surface area contributed by atoms with Gasteiger partial charge in [-0.1, -0.05) is 23.5 Å². The van der Waals surface area contributed by atoms with Gasteiger partial charge in [0.15, 0.2) is 0 Å². The van der Waals surface area contributed by atoms with E-state index in [2.05, 4.69) is 10.3 Å². The molecule has 0 bridgehead atoms. The molecule has 0 aliphatic carbocycles. The number of aromatic nitrogens is 1. The molecule has 1 heterocycles. The summed E-state index contributed by atoms with van der Waals surface area (Å²) in [6.07, 6.45) is 4.02. The molecular formula is C8H12N2OS. The van der Waals surface area contributed by atoms with E-state index in [-0.39, 0.29) is 4.87 Å². The monoisotopic (exact) mass is 184 g/mol. The van der Waals surface area contributed by atoms with Crippen LogP contribution in [-0.2, 0) is 6.54 Å². The molecule has 3 nitrogen and oxygen atoms in total. The maximum atomic E-state index is 10.7. The largest absolute Gasteiger partial charge is 0.315 e. The van der Waals surface area contributed by atoms with E-state index in [9.17, 15) is 4.79 Å². The molecular weight excluding hydrogens is 172 g/mol. The Bertz CT molecular complexity index is 300. The number of rotatable bonds is 4. The van der Waals surface area contributed by atoms with Crippen molar-refractivity contribution in [3.63, 3.8) is 0 Å². The highest BCUT2D eigenvalue weighted by Crippen LogP contribution is 1.93. The van der Waals surface area contributed by atoms with Gasteiger partial charge < -0.3 is 10.3 Å². The van der Waals surface area contributed by atoms with Crippen LogP contribution in [0.1, 0.15) is 12.6 Å². The van der Waals surface area contributed by atoms with E-state index in [1.165, 1.54) is 11.3 Å². The average Bonchev–Trinajstić information content (AvgIpc) is 2.45. The average molecular weight is 184 g/mol. The fourth-order valence-electron chi connectivity index (χ4n) is 0.809. The number of aromatic amines is 1. The van der Waals surface area contributed by atoms with Gasteiger partial charge in [-0.15, -0.1) is 0 Å². The van der Waals surface area contributed by atoms with Crippen molar-refractivity contribution in [1.82, 2.24) is 10.3 Å². The van der Waals surface area contributed by atoms with E-state index in [4.69, 9.17) is 0 Å². The van der Waals surface area contributed by atoms with Crippen LogP contribution in [-0.4, -0.2) is 11.5 Å². The maximum absolute atomic E-state index is 10.7. The highest BCUT2D eigenvalue weighted by atomic mass is 32.1. The Hall–Kier alpha value is -0.870. The standard InChI is InChI=1S/C8H12N2OS/c1-2-3-4-9-5-7-6-12-8(11)10-7/h2-3,6,9H,4-5H2,1H3,(H,10,11)/b3-2+. The molecule has 0 aromatic carbocycles. The summed E-state index contributed by atoms with van der Waals surface area (Å²) in [6.45, 7) is 3.55. The van der Waals surface area contributed by atoms with Gasteiger partial charge in [-0.25, -0.2) is 0 Å². The molecule has 0 fully saturated rings. The molecule has 0 unspecified atom stereocenters. The summed E-state index contributed by atoms with van der Waals surface area (Å²) in [4.78, 5) is 13.4. The molecule has 1 aromatic rings. The van der Waals surface area contributed by atoms with E-state index >= 15 is 0 Å². The lowest BCUT2D eigenvalue weighted by atomic mass is 10.4. The second kappa shape index (κ2) is 4.90. The molecule has 66 valence electrons. The summed E-state index contributed by atoms with van der Waals surface area (Å²) in [6, 6.07) is 0. The number of nitrogens with one attached hydrogen (secondary N) is 2. The first-order chi connectivity index (χ1) is 5.83. The maximum Gasteiger partial charge on any atom is 0.304 e. The molecule has 0 amide bonds. The van der Waals surface area contributed by atoms with Crippen LogP contribution in [0.15, 0.2) is 22.3 Å². The molecule has 0 atom stereocenters. The van der Waals surface area contributed by atoms with E-state index < -0.39 is 0 Å². The minimum absolute atomic E-state index is 0.0119. The highest BCUT2D eigenvalue weighted by molar-refractivity contribution is 7.07. The SMILES string of the molecule is C/C=C/CNCc1csc(=O)[nH]1. The van der Waals surface area contributed by atoms with Crippen LogP contribution in [0.3, 0.4) is 0 Å². The van der Waals surface area contributed by atoms with Crippen molar-refractivity contribution in [2.24, 2.45) is 0 Å². The third-order valence-corrected chi connectivity index (χ3v) is 2.10. The highest BCUT2D eigenvalue weighted by Gasteiger charge is 1.93. The van der Waals surface area contributed by atoms with E-state index in [0.717, 1.165) is 18.8 Å². The molecule has 0 saturated heterocycles. The predicted molar refractivity (Wildman–Crippen MR) is 51.5 cm³/mol. The lowest BCUT2D eigenvalue weighted by Crippen LogP contribution is -2.13. The Labute approximate surface area is 75.1 Å². The second-order valence-corrected chi connectivity index (χ2v) is 3.22. The lowest BCUT2D eigenvalue weighted by molar-refractivity contribution is 0.742. The topological polar surface area (TPSA) is 44.9 Å². The van der Waals surface area contributed by atoms with E-state index in [1.807, 2.05) is 24.5 Å². The third-order valence-electron chi connectivity index (χ3n) is 1.38. The zero-order valence-electron chi connectivity index (χ0n) is 6.96. The first-order valence-corrected chi connectivity index (χ1v) is 4.69. The summed E-state index contributed by atoms with van der Waals surface area (Å²) >= 11 is 1.20. The zero-order valence-corrected chi connectivity index (χ0v) is 7.78. The Morgan fingerprint density at radius 1 is 1.75 bits per heavy atom. The second-order valence-electron chi connectivity index (χ2n) is 2.37. The van der Waals surface area contributed by atoms with Crippen molar-refractivity contribution in [2.75, 3.05) is 6.54 Å². The summed E-state index contributed by atoms with van der Waals surface area (Å²) in [5, 5.41) is 5.00. The van der Waals surface area contributed by atoms with Gasteiger partial charge >= 0.3 is 4.87 Å². The minimum atomic E-state index is 0.0119. The summed E-state index contributed by atoms with van der Waals surface area (Å²) in [5.41, 5.74) is 0.953. The van der Waals surface area contributed by atoms with Crippen molar-refractivity contribution >= 4 is 11.3 Å². The molecule has 1 aromatic heterocycles.